The number of rotatable bonds is 35. The maximum Gasteiger partial charge on any atom is 0.308 e. The molecular formula is C83H112Cl2N16O18S. The molecule has 652 valence electrons. The predicted octanol–water partition coefficient (Wildman–Crippen LogP) is 6.98. The number of ether oxygens (including phenoxy) is 4. The van der Waals surface area contributed by atoms with E-state index in [4.69, 9.17) is 64.4 Å². The Hall–Kier alpha value is -10.7. The Balaban J connectivity index is 0.967. The lowest BCUT2D eigenvalue weighted by Crippen LogP contribution is -2.59. The number of sulfonamides is 1. The number of aliphatic imine (C=N–C) groups is 1. The monoisotopic (exact) mass is 1720 g/mol. The van der Waals surface area contributed by atoms with E-state index >= 15 is 0 Å². The van der Waals surface area contributed by atoms with Gasteiger partial charge in [0.15, 0.2) is 11.6 Å². The van der Waals surface area contributed by atoms with Crippen molar-refractivity contribution in [1.82, 2.24) is 60.2 Å². The van der Waals surface area contributed by atoms with Gasteiger partial charge in [0.2, 0.25) is 35.5 Å². The molecule has 3 aliphatic rings. The molecule has 0 saturated heterocycles. The van der Waals surface area contributed by atoms with E-state index in [1.54, 1.807) is 143 Å². The molecule has 2 aromatic heterocycles. The van der Waals surface area contributed by atoms with Crippen LogP contribution in [0.4, 0.5) is 11.4 Å². The second-order valence-electron chi connectivity index (χ2n) is 33.7. The first kappa shape index (κ1) is 94.8. The number of aromatic nitrogens is 4. The van der Waals surface area contributed by atoms with Crippen LogP contribution in [0.5, 0.6) is 5.75 Å². The zero-order chi connectivity index (χ0) is 88.8. The van der Waals surface area contributed by atoms with Gasteiger partial charge in [-0.3, -0.25) is 67.5 Å². The fraction of sp³-hybridized carbons (Fsp3) is 0.542. The van der Waals surface area contributed by atoms with Gasteiger partial charge in [-0.05, 0) is 165 Å². The number of nitrogens with two attached hydrogens (primary N) is 1. The molecule has 0 spiro atoms. The molecule has 3 aliphatic heterocycles. The lowest BCUT2D eigenvalue weighted by atomic mass is 9.94. The molecular weight excluding hydrogens is 1610 g/mol. The number of carboxylic acids is 1. The molecule has 0 unspecified atom stereocenters. The number of terminal acetylenes is 1. The summed E-state index contributed by atoms with van der Waals surface area (Å²) >= 11 is 14.1. The number of anilines is 2. The number of hydrogen-bond donors (Lipinski definition) is 10. The SMILES string of the molecule is C#CCCNC(=O)[C@H](CC(=O)OC(C)(C)C)NC(=O)[C@H](CC(=O)OC(C)(C)C)NC(=O)[C@H](CCCN=C(N)NS(=O)(=O)c1c(C)c(C)c2c(c1C)CC(C)(C)O2)NC(=O)[C@H](CC(=O)OC(C)(C)C)NC(=O)CCCN1CCc2c(nc(C(=O)Nc3cccc(-c4cccc(NC(=O)c5nc6c(n5C)CCN(CCCC(=O)O)C6)c4Cl)c3Cl)n2C)C1. The van der Waals surface area contributed by atoms with Gasteiger partial charge in [-0.15, -0.1) is 12.3 Å². The fourth-order valence-electron chi connectivity index (χ4n) is 14.3. The summed E-state index contributed by atoms with van der Waals surface area (Å²) in [6.07, 6.45) is 4.70. The van der Waals surface area contributed by atoms with Crippen molar-refractivity contribution in [2.75, 3.05) is 49.9 Å². The first-order chi connectivity index (χ1) is 56.0. The standard InChI is InChI=1S/C83H112Cl2N16O18S/c1-18-19-34-87-73(108)55(40-64(105)116-80(5,6)7)95-76(111)57(42-66(107)118-82(11,12)13)96-74(109)54(29-22-35-88-79(86)97-120(114,115)70-47(3)46(2)69-51(48(70)4)43-83(14,15)119-69)94-75(110)56(41-65(106)117-81(8,9)10)89-62(102)30-23-36-100-38-32-60-58(44-100)90-71(98(60)16)77(112)92-52-27-20-25-49(67(52)84)50-26-21-28-53(68(50)85)93-78(113)72-91-59-45-101(37-24-31-63(103)104)39-33-61(59)99(72)17/h1,20-21,25-28,54-57H,19,22-24,29-45H2,2-17H3,(H,87,108)(H,89,102)(H,92,112)(H,93,113)(H,94,110)(H,95,111)(H,96,109)(H,103,104)(H3,86,88,97)/t54-,55-,56-,57-/m0/s1. The largest absolute Gasteiger partial charge is 0.487 e. The van der Waals surface area contributed by atoms with Gasteiger partial charge in [0, 0.05) is 120 Å². The van der Waals surface area contributed by atoms with Crippen molar-refractivity contribution in [3.63, 3.8) is 0 Å². The first-order valence-electron chi connectivity index (χ1n) is 39.7. The molecule has 0 aliphatic carbocycles. The van der Waals surface area contributed by atoms with E-state index in [-0.39, 0.29) is 96.1 Å². The number of halogens is 2. The summed E-state index contributed by atoms with van der Waals surface area (Å²) in [6, 6.07) is 3.10. The number of nitrogens with zero attached hydrogens (tertiary/aromatic N) is 7. The lowest BCUT2D eigenvalue weighted by Gasteiger charge is -2.28. The second kappa shape index (κ2) is 40.1. The molecule has 4 atom stereocenters. The summed E-state index contributed by atoms with van der Waals surface area (Å²) < 4.78 is 56.9. The fourth-order valence-corrected chi connectivity index (χ4v) is 16.3. The smallest absolute Gasteiger partial charge is 0.308 e. The van der Waals surface area contributed by atoms with Crippen LogP contribution >= 0.6 is 23.2 Å². The van der Waals surface area contributed by atoms with Crippen molar-refractivity contribution in [2.24, 2.45) is 24.8 Å². The highest BCUT2D eigenvalue weighted by atomic mass is 35.5. The Labute approximate surface area is 709 Å². The van der Waals surface area contributed by atoms with Crippen molar-refractivity contribution < 1.29 is 85.2 Å². The van der Waals surface area contributed by atoms with Crippen molar-refractivity contribution in [1.29, 1.82) is 0 Å². The lowest BCUT2D eigenvalue weighted by molar-refractivity contribution is -0.158. The van der Waals surface area contributed by atoms with E-state index in [2.05, 4.69) is 62.7 Å². The highest BCUT2D eigenvalue weighted by Gasteiger charge is 2.40. The summed E-state index contributed by atoms with van der Waals surface area (Å²) in [5, 5.41) is 27.9. The number of hydrogen-bond acceptors (Lipinski definition) is 22. The molecule has 0 radical (unpaired) electrons. The van der Waals surface area contributed by atoms with Crippen molar-refractivity contribution in [2.45, 2.75) is 245 Å². The number of esters is 3. The van der Waals surface area contributed by atoms with Crippen LogP contribution < -0.4 is 52.4 Å². The number of imidazole rings is 2. The van der Waals surface area contributed by atoms with Gasteiger partial charge < -0.3 is 76.1 Å². The van der Waals surface area contributed by atoms with Crippen molar-refractivity contribution >= 4 is 116 Å². The van der Waals surface area contributed by atoms with E-state index in [1.807, 2.05) is 18.7 Å². The number of nitrogens with one attached hydrogen (secondary N) is 8. The van der Waals surface area contributed by atoms with Crippen LogP contribution in [0.25, 0.3) is 11.1 Å². The third kappa shape index (κ3) is 26.2. The minimum Gasteiger partial charge on any atom is -0.487 e. The van der Waals surface area contributed by atoms with E-state index in [1.165, 1.54) is 0 Å². The average molecular weight is 1720 g/mol. The molecule has 0 fully saturated rings. The first-order valence-corrected chi connectivity index (χ1v) is 41.9. The van der Waals surface area contributed by atoms with Crippen molar-refractivity contribution in [3.8, 4) is 29.2 Å². The second-order valence-corrected chi connectivity index (χ2v) is 36.0. The number of fused-ring (bicyclic) bond motifs is 3. The van der Waals surface area contributed by atoms with Crippen LogP contribution in [0.1, 0.15) is 207 Å². The van der Waals surface area contributed by atoms with Gasteiger partial charge in [0.25, 0.3) is 21.8 Å². The van der Waals surface area contributed by atoms with Crippen LogP contribution in [0.15, 0.2) is 46.3 Å². The number of guanidine groups is 1. The maximum absolute atomic E-state index is 15.0. The Morgan fingerprint density at radius 2 is 1.08 bits per heavy atom. The van der Waals surface area contributed by atoms with E-state index in [9.17, 15) is 61.2 Å². The molecule has 37 heteroatoms. The highest BCUT2D eigenvalue weighted by Crippen LogP contribution is 2.45. The zero-order valence-corrected chi connectivity index (χ0v) is 73.3. The summed E-state index contributed by atoms with van der Waals surface area (Å²) in [6.45, 7) is 25.6. The molecule has 5 aromatic rings. The molecule has 5 heterocycles. The van der Waals surface area contributed by atoms with Crippen LogP contribution in [-0.2, 0) is 114 Å². The van der Waals surface area contributed by atoms with Gasteiger partial charge in [-0.25, -0.2) is 23.1 Å². The van der Waals surface area contributed by atoms with E-state index in [0.717, 1.165) is 22.6 Å². The van der Waals surface area contributed by atoms with Crippen molar-refractivity contribution in [3.05, 3.63) is 103 Å². The predicted molar refractivity (Wildman–Crippen MR) is 449 cm³/mol. The molecule has 120 heavy (non-hydrogen) atoms. The quantitative estimate of drug-likeness (QED) is 0.00488. The topological polar surface area (TPSA) is 456 Å². The number of carbonyl (C=O) groups is 11. The van der Waals surface area contributed by atoms with E-state index < -0.39 is 147 Å². The summed E-state index contributed by atoms with van der Waals surface area (Å²) in [7, 11) is -0.898. The van der Waals surface area contributed by atoms with Crippen LogP contribution in [-0.4, -0.2) is 199 Å². The normalized spacial score (nSPS) is 15.1. The molecule has 7 amide bonds. The third-order valence-corrected chi connectivity index (χ3v) is 22.3. The molecule has 0 saturated carbocycles. The van der Waals surface area contributed by atoms with Gasteiger partial charge in [0.05, 0.1) is 57.0 Å². The summed E-state index contributed by atoms with van der Waals surface area (Å²) in [4.78, 5) is 170. The maximum atomic E-state index is 15.0. The van der Waals surface area contributed by atoms with Gasteiger partial charge in [-0.2, -0.15) is 0 Å². The van der Waals surface area contributed by atoms with Crippen LogP contribution in [0.3, 0.4) is 0 Å². The molecule has 11 N–H and O–H groups in total. The number of carbonyl (C=O) groups excluding carboxylic acids is 10. The Bertz CT molecular complexity index is 4950. The molecule has 3 aromatic carbocycles. The summed E-state index contributed by atoms with van der Waals surface area (Å²) in [5.41, 5.74) is 9.16. The minimum atomic E-state index is -4.39. The Morgan fingerprint density at radius 3 is 1.54 bits per heavy atom. The van der Waals surface area contributed by atoms with Gasteiger partial charge >= 0.3 is 23.9 Å². The summed E-state index contributed by atoms with van der Waals surface area (Å²) in [5.74, 6) is -6.98. The van der Waals surface area contributed by atoms with Crippen LogP contribution in [0.2, 0.25) is 10.0 Å². The third-order valence-electron chi connectivity index (χ3n) is 19.8. The number of benzene rings is 3. The number of aliphatic carboxylic acids is 1. The molecule has 8 rings (SSSR count). The number of carboxylic acid groups (broad SMARTS) is 1. The molecule has 0 bridgehead atoms. The average Bonchev–Trinajstić information content (AvgIpc) is 1.53. The van der Waals surface area contributed by atoms with Gasteiger partial charge in [-0.1, -0.05) is 47.5 Å². The minimum absolute atomic E-state index is 0.0153. The molecule has 34 nitrogen and oxygen atoms in total. The van der Waals surface area contributed by atoms with Crippen LogP contribution in [0, 0.1) is 33.1 Å². The Kier molecular flexibility index (Phi) is 31.7. The Morgan fingerprint density at radius 1 is 0.642 bits per heavy atom. The number of amides is 7. The highest BCUT2D eigenvalue weighted by molar-refractivity contribution is 7.90. The van der Waals surface area contributed by atoms with Gasteiger partial charge in [0.1, 0.15) is 52.3 Å². The van der Waals surface area contributed by atoms with E-state index in [0.29, 0.717) is 97.7 Å². The zero-order valence-electron chi connectivity index (χ0n) is 71.0.